The van der Waals surface area contributed by atoms with Crippen LogP contribution in [0.3, 0.4) is 0 Å². The molecule has 21 heavy (non-hydrogen) atoms. The van der Waals surface area contributed by atoms with Crippen molar-refractivity contribution in [2.45, 2.75) is 44.4 Å². The van der Waals surface area contributed by atoms with Crippen molar-refractivity contribution in [3.63, 3.8) is 0 Å². The van der Waals surface area contributed by atoms with Crippen LogP contribution in [0.15, 0.2) is 29.2 Å². The molecule has 0 saturated heterocycles. The van der Waals surface area contributed by atoms with Crippen LogP contribution in [0.5, 0.6) is 0 Å². The van der Waals surface area contributed by atoms with Crippen molar-refractivity contribution in [3.8, 4) is 0 Å². The topological polar surface area (TPSA) is 58.2 Å². The fourth-order valence-electron chi connectivity index (χ4n) is 2.10. The Kier molecular flexibility index (Phi) is 7.93. The maximum absolute atomic E-state index is 12.1. The Morgan fingerprint density at radius 1 is 1.05 bits per heavy atom. The third kappa shape index (κ3) is 7.07. The standard InChI is InChI=1S/C16H28N2O2S/c1-14(2)6-4-13-18-21(19,20)16-10-8-15(9-11-16)7-5-12-17-3/h8-11,14,17-18H,4-7,12-13H2,1-3H3. The van der Waals surface area contributed by atoms with E-state index in [0.717, 1.165) is 32.2 Å². The zero-order valence-corrected chi connectivity index (χ0v) is 14.2. The molecule has 0 aliphatic heterocycles. The molecule has 4 nitrogen and oxygen atoms in total. The summed E-state index contributed by atoms with van der Waals surface area (Å²) in [6.07, 6.45) is 3.92. The van der Waals surface area contributed by atoms with Gasteiger partial charge in [0.25, 0.3) is 0 Å². The van der Waals surface area contributed by atoms with Crippen LogP contribution in [0, 0.1) is 5.92 Å². The lowest BCUT2D eigenvalue weighted by Gasteiger charge is -2.09. The molecular weight excluding hydrogens is 284 g/mol. The predicted molar refractivity (Wildman–Crippen MR) is 88.0 cm³/mol. The van der Waals surface area contributed by atoms with Gasteiger partial charge in [0, 0.05) is 6.54 Å². The van der Waals surface area contributed by atoms with Gasteiger partial charge in [-0.25, -0.2) is 13.1 Å². The van der Waals surface area contributed by atoms with Gasteiger partial charge in [-0.15, -0.1) is 0 Å². The highest BCUT2D eigenvalue weighted by Crippen LogP contribution is 2.12. The average Bonchev–Trinajstić information content (AvgIpc) is 2.44. The van der Waals surface area contributed by atoms with Crippen LogP contribution in [-0.4, -0.2) is 28.6 Å². The zero-order valence-electron chi connectivity index (χ0n) is 13.4. The van der Waals surface area contributed by atoms with Crippen LogP contribution in [-0.2, 0) is 16.4 Å². The molecule has 0 radical (unpaired) electrons. The van der Waals surface area contributed by atoms with E-state index in [0.29, 0.717) is 17.4 Å². The molecule has 1 aromatic carbocycles. The highest BCUT2D eigenvalue weighted by Gasteiger charge is 2.12. The van der Waals surface area contributed by atoms with Gasteiger partial charge in [-0.3, -0.25) is 0 Å². The van der Waals surface area contributed by atoms with Gasteiger partial charge in [0.2, 0.25) is 10.0 Å². The predicted octanol–water partition coefficient (Wildman–Crippen LogP) is 2.55. The summed E-state index contributed by atoms with van der Waals surface area (Å²) in [7, 11) is -1.43. The first kappa shape index (κ1) is 18.1. The van der Waals surface area contributed by atoms with Crippen LogP contribution in [0.1, 0.15) is 38.7 Å². The SMILES string of the molecule is CNCCCc1ccc(S(=O)(=O)NCCCC(C)C)cc1. The summed E-state index contributed by atoms with van der Waals surface area (Å²) in [5.74, 6) is 0.603. The van der Waals surface area contributed by atoms with Crippen LogP contribution in [0.2, 0.25) is 0 Å². The first-order valence-electron chi connectivity index (χ1n) is 7.69. The average molecular weight is 312 g/mol. The fraction of sp³-hybridized carbons (Fsp3) is 0.625. The summed E-state index contributed by atoms with van der Waals surface area (Å²) >= 11 is 0. The van der Waals surface area contributed by atoms with Gasteiger partial charge >= 0.3 is 0 Å². The lowest BCUT2D eigenvalue weighted by Crippen LogP contribution is -2.25. The molecule has 0 fully saturated rings. The minimum atomic E-state index is -3.36. The largest absolute Gasteiger partial charge is 0.320 e. The Morgan fingerprint density at radius 3 is 2.29 bits per heavy atom. The molecule has 0 aliphatic rings. The van der Waals surface area contributed by atoms with Crippen LogP contribution >= 0.6 is 0 Å². The Bertz CT molecular complexity index is 496. The first-order valence-corrected chi connectivity index (χ1v) is 9.17. The van der Waals surface area contributed by atoms with E-state index in [-0.39, 0.29) is 0 Å². The van der Waals surface area contributed by atoms with Crippen LogP contribution < -0.4 is 10.0 Å². The number of sulfonamides is 1. The minimum absolute atomic E-state index is 0.351. The van der Waals surface area contributed by atoms with Gasteiger partial charge in [-0.1, -0.05) is 26.0 Å². The van der Waals surface area contributed by atoms with Crippen LogP contribution in [0.25, 0.3) is 0 Å². The van der Waals surface area contributed by atoms with Crippen molar-refractivity contribution < 1.29 is 8.42 Å². The molecular formula is C16H28N2O2S. The van der Waals surface area contributed by atoms with Crippen molar-refractivity contribution in [1.82, 2.24) is 10.0 Å². The summed E-state index contributed by atoms with van der Waals surface area (Å²) in [6, 6.07) is 7.19. The highest BCUT2D eigenvalue weighted by molar-refractivity contribution is 7.89. The van der Waals surface area contributed by atoms with Crippen molar-refractivity contribution in [1.29, 1.82) is 0 Å². The second-order valence-corrected chi connectivity index (χ2v) is 7.55. The first-order chi connectivity index (χ1) is 9.95. The summed E-state index contributed by atoms with van der Waals surface area (Å²) in [4.78, 5) is 0.351. The quantitative estimate of drug-likeness (QED) is 0.653. The molecule has 0 bridgehead atoms. The van der Waals surface area contributed by atoms with Crippen LogP contribution in [0.4, 0.5) is 0 Å². The Morgan fingerprint density at radius 2 is 1.71 bits per heavy atom. The number of rotatable bonds is 10. The van der Waals surface area contributed by atoms with E-state index < -0.39 is 10.0 Å². The van der Waals surface area contributed by atoms with Gasteiger partial charge in [0.15, 0.2) is 0 Å². The smallest absolute Gasteiger partial charge is 0.240 e. The Labute approximate surface area is 129 Å². The molecule has 0 aliphatic carbocycles. The molecule has 0 spiro atoms. The van der Waals surface area contributed by atoms with E-state index in [1.54, 1.807) is 12.1 Å². The Hall–Kier alpha value is -0.910. The van der Waals surface area contributed by atoms with E-state index in [1.165, 1.54) is 5.56 Å². The molecule has 1 rings (SSSR count). The molecule has 0 heterocycles. The van der Waals surface area contributed by atoms with Crippen molar-refractivity contribution in [2.24, 2.45) is 5.92 Å². The maximum Gasteiger partial charge on any atom is 0.240 e. The minimum Gasteiger partial charge on any atom is -0.320 e. The van der Waals surface area contributed by atoms with Crippen molar-refractivity contribution in [3.05, 3.63) is 29.8 Å². The lowest BCUT2D eigenvalue weighted by atomic mass is 10.1. The molecule has 5 heteroatoms. The summed E-state index contributed by atoms with van der Waals surface area (Å²) in [5.41, 5.74) is 1.17. The van der Waals surface area contributed by atoms with Gasteiger partial charge in [-0.05, 0) is 62.9 Å². The molecule has 0 unspecified atom stereocenters. The van der Waals surface area contributed by atoms with E-state index in [9.17, 15) is 8.42 Å². The monoisotopic (exact) mass is 312 g/mol. The van der Waals surface area contributed by atoms with Crippen molar-refractivity contribution in [2.75, 3.05) is 20.1 Å². The molecule has 1 aromatic rings. The zero-order chi connectivity index (χ0) is 15.7. The van der Waals surface area contributed by atoms with E-state index in [4.69, 9.17) is 0 Å². The second kappa shape index (κ2) is 9.18. The second-order valence-electron chi connectivity index (χ2n) is 5.78. The maximum atomic E-state index is 12.1. The Balaban J connectivity index is 2.50. The number of aryl methyl sites for hydroxylation is 1. The third-order valence-electron chi connectivity index (χ3n) is 3.38. The molecule has 0 amide bonds. The lowest BCUT2D eigenvalue weighted by molar-refractivity contribution is 0.540. The number of nitrogens with one attached hydrogen (secondary N) is 2. The van der Waals surface area contributed by atoms with E-state index in [1.807, 2.05) is 19.2 Å². The van der Waals surface area contributed by atoms with Gasteiger partial charge in [-0.2, -0.15) is 0 Å². The van der Waals surface area contributed by atoms with Gasteiger partial charge in [0.05, 0.1) is 4.90 Å². The number of hydrogen-bond donors (Lipinski definition) is 2. The van der Waals surface area contributed by atoms with E-state index >= 15 is 0 Å². The summed E-state index contributed by atoms with van der Waals surface area (Å²) in [6.45, 7) is 5.75. The number of hydrogen-bond acceptors (Lipinski definition) is 3. The van der Waals surface area contributed by atoms with Gasteiger partial charge in [0.1, 0.15) is 0 Å². The van der Waals surface area contributed by atoms with Gasteiger partial charge < -0.3 is 5.32 Å². The highest BCUT2D eigenvalue weighted by atomic mass is 32.2. The third-order valence-corrected chi connectivity index (χ3v) is 4.85. The van der Waals surface area contributed by atoms with E-state index in [2.05, 4.69) is 23.9 Å². The molecule has 0 saturated carbocycles. The van der Waals surface area contributed by atoms with Crippen molar-refractivity contribution >= 4 is 10.0 Å². The molecule has 2 N–H and O–H groups in total. The molecule has 0 atom stereocenters. The normalized spacial score (nSPS) is 12.0. The molecule has 120 valence electrons. The summed E-state index contributed by atoms with van der Waals surface area (Å²) < 4.78 is 26.9. The molecule has 0 aromatic heterocycles. The summed E-state index contributed by atoms with van der Waals surface area (Å²) in [5, 5.41) is 3.10. The number of benzene rings is 1. The fourth-order valence-corrected chi connectivity index (χ4v) is 3.18.